The molecular formula is C17H24N5O10P. The van der Waals surface area contributed by atoms with Gasteiger partial charge in [0.2, 0.25) is 0 Å². The summed E-state index contributed by atoms with van der Waals surface area (Å²) in [5.74, 6) is -3.76. The molecule has 1 unspecified atom stereocenters. The van der Waals surface area contributed by atoms with Crippen molar-refractivity contribution in [1.82, 2.24) is 19.5 Å². The third kappa shape index (κ3) is 4.72. The van der Waals surface area contributed by atoms with Crippen LogP contribution in [0.5, 0.6) is 0 Å². The molecule has 0 radical (unpaired) electrons. The summed E-state index contributed by atoms with van der Waals surface area (Å²) >= 11 is 0. The van der Waals surface area contributed by atoms with Crippen LogP contribution in [-0.2, 0) is 18.8 Å². The van der Waals surface area contributed by atoms with Crippen molar-refractivity contribution in [3.63, 3.8) is 0 Å². The number of aliphatic carboxylic acids is 1. The lowest BCUT2D eigenvalue weighted by Gasteiger charge is -2.30. The van der Waals surface area contributed by atoms with Gasteiger partial charge < -0.3 is 44.6 Å². The minimum atomic E-state index is -5.12. The maximum absolute atomic E-state index is 11.3. The van der Waals surface area contributed by atoms with Crippen LogP contribution in [0, 0.1) is 0 Å². The highest BCUT2D eigenvalue weighted by Crippen LogP contribution is 2.42. The third-order valence-corrected chi connectivity index (χ3v) is 6.63. The van der Waals surface area contributed by atoms with E-state index in [1.54, 1.807) is 0 Å². The quantitative estimate of drug-likeness (QED) is 0.232. The van der Waals surface area contributed by atoms with Gasteiger partial charge in [-0.3, -0.25) is 9.13 Å². The van der Waals surface area contributed by atoms with Crippen molar-refractivity contribution in [2.75, 3.05) is 24.6 Å². The number of ether oxygens (including phenoxy) is 2. The summed E-state index contributed by atoms with van der Waals surface area (Å²) in [6, 6.07) is 0. The van der Waals surface area contributed by atoms with Gasteiger partial charge in [-0.25, -0.2) is 19.7 Å². The van der Waals surface area contributed by atoms with Gasteiger partial charge in [-0.05, 0) is 12.8 Å². The van der Waals surface area contributed by atoms with Crippen LogP contribution in [0.4, 0.5) is 5.82 Å². The minimum Gasteiger partial charge on any atom is -0.479 e. The second-order valence-corrected chi connectivity index (χ2v) is 9.55. The molecule has 2 aliphatic heterocycles. The summed E-state index contributed by atoms with van der Waals surface area (Å²) in [5.41, 5.74) is 0.730. The van der Waals surface area contributed by atoms with E-state index in [-0.39, 0.29) is 6.10 Å². The van der Waals surface area contributed by atoms with E-state index in [0.29, 0.717) is 42.9 Å². The molecule has 4 rings (SSSR count). The van der Waals surface area contributed by atoms with Crippen molar-refractivity contribution in [3.8, 4) is 0 Å². The molecule has 2 fully saturated rings. The Balaban J connectivity index is 1.53. The topological polar surface area (TPSA) is 221 Å². The van der Waals surface area contributed by atoms with E-state index < -0.39 is 50.6 Å². The Morgan fingerprint density at radius 1 is 1.18 bits per heavy atom. The Kier molecular flexibility index (Phi) is 6.66. The number of hydrogen-bond donors (Lipinski definition) is 6. The van der Waals surface area contributed by atoms with E-state index in [1.807, 2.05) is 4.90 Å². The first kappa shape index (κ1) is 23.9. The molecule has 0 saturated carbocycles. The van der Waals surface area contributed by atoms with E-state index in [1.165, 1.54) is 17.2 Å². The molecule has 2 saturated heterocycles. The van der Waals surface area contributed by atoms with Gasteiger partial charge in [-0.15, -0.1) is 0 Å². The van der Waals surface area contributed by atoms with Crippen LogP contribution in [0.1, 0.15) is 19.1 Å². The molecule has 4 heterocycles. The van der Waals surface area contributed by atoms with E-state index in [2.05, 4.69) is 15.0 Å². The van der Waals surface area contributed by atoms with Gasteiger partial charge in [0.15, 0.2) is 23.2 Å². The van der Waals surface area contributed by atoms with Gasteiger partial charge in [0.1, 0.15) is 24.6 Å². The van der Waals surface area contributed by atoms with Gasteiger partial charge in [0.25, 0.3) is 5.85 Å². The first-order valence-electron chi connectivity index (χ1n) is 10.1. The number of rotatable bonds is 7. The maximum atomic E-state index is 11.3. The number of aliphatic hydroxyl groups is 3. The lowest BCUT2D eigenvalue weighted by molar-refractivity contribution is -0.149. The Bertz CT molecular complexity index is 1050. The predicted octanol–water partition coefficient (Wildman–Crippen LogP) is -1.99. The van der Waals surface area contributed by atoms with Crippen molar-refractivity contribution in [1.29, 1.82) is 0 Å². The van der Waals surface area contributed by atoms with Crippen molar-refractivity contribution in [2.24, 2.45) is 0 Å². The van der Waals surface area contributed by atoms with Gasteiger partial charge in [0.05, 0.1) is 19.0 Å². The Hall–Kier alpha value is -2.23. The summed E-state index contributed by atoms with van der Waals surface area (Å²) in [4.78, 5) is 44.1. The molecule has 182 valence electrons. The number of anilines is 1. The molecular weight excluding hydrogens is 465 g/mol. The average molecular weight is 489 g/mol. The molecule has 2 aromatic heterocycles. The first-order chi connectivity index (χ1) is 15.6. The van der Waals surface area contributed by atoms with Crippen LogP contribution in [0.3, 0.4) is 0 Å². The highest BCUT2D eigenvalue weighted by Gasteiger charge is 2.46. The predicted molar refractivity (Wildman–Crippen MR) is 108 cm³/mol. The van der Waals surface area contributed by atoms with Gasteiger partial charge in [-0.2, -0.15) is 0 Å². The fraction of sp³-hybridized carbons (Fsp3) is 0.647. The molecule has 16 heteroatoms. The van der Waals surface area contributed by atoms with E-state index in [0.717, 1.165) is 0 Å². The number of piperidine rings is 1. The Morgan fingerprint density at radius 2 is 1.88 bits per heavy atom. The number of nitrogens with zero attached hydrogens (tertiary/aromatic N) is 5. The molecule has 0 bridgehead atoms. The summed E-state index contributed by atoms with van der Waals surface area (Å²) in [5, 5.41) is 39.5. The summed E-state index contributed by atoms with van der Waals surface area (Å²) in [6.45, 7) is 0.454. The normalized spacial score (nSPS) is 27.8. The zero-order valence-corrected chi connectivity index (χ0v) is 18.0. The molecule has 5 atom stereocenters. The fourth-order valence-corrected chi connectivity index (χ4v) is 4.50. The van der Waals surface area contributed by atoms with Crippen LogP contribution in [0.25, 0.3) is 11.2 Å². The molecule has 15 nitrogen and oxygen atoms in total. The number of aromatic nitrogens is 4. The molecule has 6 N–H and O–H groups in total. The maximum Gasteiger partial charge on any atom is 0.365 e. The highest BCUT2D eigenvalue weighted by molar-refractivity contribution is 7.53. The van der Waals surface area contributed by atoms with E-state index >= 15 is 0 Å². The van der Waals surface area contributed by atoms with E-state index in [4.69, 9.17) is 24.4 Å². The molecule has 0 spiro atoms. The van der Waals surface area contributed by atoms with Crippen LogP contribution in [0.2, 0.25) is 0 Å². The molecule has 2 aromatic rings. The number of carboxylic acids is 1. The fourth-order valence-electron chi connectivity index (χ4n) is 3.93. The van der Waals surface area contributed by atoms with Crippen molar-refractivity contribution < 1.29 is 49.0 Å². The lowest BCUT2D eigenvalue weighted by Crippen LogP contribution is -2.36. The van der Waals surface area contributed by atoms with Crippen LogP contribution in [0.15, 0.2) is 12.7 Å². The van der Waals surface area contributed by atoms with Gasteiger partial charge >= 0.3 is 13.6 Å². The monoisotopic (exact) mass is 489 g/mol. The van der Waals surface area contributed by atoms with Crippen LogP contribution >= 0.6 is 7.60 Å². The highest BCUT2D eigenvalue weighted by atomic mass is 31.2. The summed E-state index contributed by atoms with van der Waals surface area (Å²) < 4.78 is 23.1. The third-order valence-electron chi connectivity index (χ3n) is 5.65. The SMILES string of the molecule is O=C(O)C(OC[C@H]1O[C@@H](n2cnc3c(N4CCC(O)CC4)ncnc32)[C@H](O)[C@@H]1O)P(=O)(O)O. The molecule has 0 aliphatic carbocycles. The largest absolute Gasteiger partial charge is 0.479 e. The zero-order chi connectivity index (χ0) is 23.9. The van der Waals surface area contributed by atoms with Crippen molar-refractivity contribution >= 4 is 30.5 Å². The summed E-state index contributed by atoms with van der Waals surface area (Å²) in [7, 11) is -5.12. The molecule has 33 heavy (non-hydrogen) atoms. The first-order valence-corrected chi connectivity index (χ1v) is 11.8. The minimum absolute atomic E-state index is 0.308. The Labute approximate surface area is 186 Å². The van der Waals surface area contributed by atoms with Crippen molar-refractivity contribution in [3.05, 3.63) is 12.7 Å². The molecule has 0 aromatic carbocycles. The number of carbonyl (C=O) groups is 1. The second-order valence-electron chi connectivity index (χ2n) is 7.90. The van der Waals surface area contributed by atoms with Crippen LogP contribution in [-0.4, -0.2) is 106 Å². The van der Waals surface area contributed by atoms with Gasteiger partial charge in [0, 0.05) is 13.1 Å². The second kappa shape index (κ2) is 9.19. The standard InChI is InChI=1S/C17H24N5O10P/c23-8-1-3-21(4-2-8)13-10-14(19-6-18-13)22(7-20-10)15-12(25)11(24)9(32-15)5-31-17(16(26)27)33(28,29)30/h6-9,11-12,15,17,23-25H,1-5H2,(H,26,27)(H2,28,29,30)/t9-,11-,12-,15-,17?/m1/s1. The lowest BCUT2D eigenvalue weighted by atomic mass is 10.1. The van der Waals surface area contributed by atoms with Crippen LogP contribution < -0.4 is 4.90 Å². The number of carboxylic acid groups (broad SMARTS) is 1. The summed E-state index contributed by atoms with van der Waals surface area (Å²) in [6.07, 6.45) is -2.03. The zero-order valence-electron chi connectivity index (χ0n) is 17.2. The van der Waals surface area contributed by atoms with Gasteiger partial charge in [-0.1, -0.05) is 0 Å². The molecule has 2 aliphatic rings. The number of fused-ring (bicyclic) bond motifs is 1. The van der Waals surface area contributed by atoms with E-state index in [9.17, 15) is 24.7 Å². The number of imidazole rings is 1. The number of aliphatic hydroxyl groups excluding tert-OH is 3. The Morgan fingerprint density at radius 3 is 2.52 bits per heavy atom. The van der Waals surface area contributed by atoms with Crippen molar-refractivity contribution in [2.45, 2.75) is 49.3 Å². The number of hydrogen-bond acceptors (Lipinski definition) is 11. The smallest absolute Gasteiger partial charge is 0.365 e. The molecule has 0 amide bonds. The average Bonchev–Trinajstić information content (AvgIpc) is 3.29.